The molecule has 2 aromatic rings. The van der Waals surface area contributed by atoms with Crippen molar-refractivity contribution < 1.29 is 13.9 Å². The van der Waals surface area contributed by atoms with E-state index in [2.05, 4.69) is 15.2 Å². The van der Waals surface area contributed by atoms with Crippen LogP contribution >= 0.6 is 0 Å². The molecule has 22 heavy (non-hydrogen) atoms. The largest absolute Gasteiger partial charge is 0.425 e. The molecule has 114 valence electrons. The fourth-order valence-electron chi connectivity index (χ4n) is 3.24. The normalized spacial score (nSPS) is 26.1. The Hall–Kier alpha value is -2.34. The number of rotatable bonds is 4. The van der Waals surface area contributed by atoms with E-state index < -0.39 is 0 Å². The predicted octanol–water partition coefficient (Wildman–Crippen LogP) is 1.90. The van der Waals surface area contributed by atoms with E-state index in [-0.39, 0.29) is 11.9 Å². The number of fused-ring (bicyclic) bond motifs is 2. The molecule has 1 aromatic carbocycles. The standard InChI is InChI=1S/C16H17N3O3/c20-16(18-14-9-19-6-5-12(14)8-19)11-1-3-13(4-2-11)22-15-7-17-10-21-15/h1-4,7,10,12,14H,5-6,8-9H2,(H,18,20)/t12-,14?/m0/s1. The first-order valence-electron chi connectivity index (χ1n) is 7.47. The summed E-state index contributed by atoms with van der Waals surface area (Å²) in [6, 6.07) is 7.30. The first kappa shape index (κ1) is 13.3. The second-order valence-corrected chi connectivity index (χ2v) is 5.84. The molecule has 1 aromatic heterocycles. The van der Waals surface area contributed by atoms with Crippen molar-refractivity contribution in [2.24, 2.45) is 5.92 Å². The Morgan fingerprint density at radius 2 is 2.18 bits per heavy atom. The van der Waals surface area contributed by atoms with Gasteiger partial charge in [-0.2, -0.15) is 0 Å². The van der Waals surface area contributed by atoms with Gasteiger partial charge in [0.05, 0.1) is 0 Å². The first-order chi connectivity index (χ1) is 10.8. The molecule has 3 atom stereocenters. The summed E-state index contributed by atoms with van der Waals surface area (Å²) in [4.78, 5) is 18.5. The van der Waals surface area contributed by atoms with Gasteiger partial charge in [0, 0.05) is 24.7 Å². The Kier molecular flexibility index (Phi) is 3.31. The molecule has 1 N–H and O–H groups in total. The van der Waals surface area contributed by atoms with Crippen LogP contribution in [-0.4, -0.2) is 41.5 Å². The van der Waals surface area contributed by atoms with Gasteiger partial charge in [0.1, 0.15) is 11.9 Å². The summed E-state index contributed by atoms with van der Waals surface area (Å²) in [7, 11) is 0. The van der Waals surface area contributed by atoms with Crippen LogP contribution in [0.15, 0.2) is 41.3 Å². The molecule has 2 fully saturated rings. The lowest BCUT2D eigenvalue weighted by Gasteiger charge is -2.23. The third-order valence-electron chi connectivity index (χ3n) is 4.39. The molecule has 0 saturated carbocycles. The van der Waals surface area contributed by atoms with Crippen LogP contribution in [0.25, 0.3) is 0 Å². The van der Waals surface area contributed by atoms with Crippen molar-refractivity contribution in [1.82, 2.24) is 15.2 Å². The lowest BCUT2D eigenvalue weighted by atomic mass is 9.99. The molecule has 2 saturated heterocycles. The number of benzene rings is 1. The maximum absolute atomic E-state index is 12.3. The topological polar surface area (TPSA) is 67.6 Å². The number of hydrogen-bond acceptors (Lipinski definition) is 5. The van der Waals surface area contributed by atoms with Crippen LogP contribution in [-0.2, 0) is 0 Å². The molecule has 0 spiro atoms. The minimum absolute atomic E-state index is 0.0232. The third-order valence-corrected chi connectivity index (χ3v) is 4.39. The highest BCUT2D eigenvalue weighted by Crippen LogP contribution is 2.28. The number of nitrogens with one attached hydrogen (secondary N) is 1. The minimum Gasteiger partial charge on any atom is -0.425 e. The fraction of sp³-hybridized carbons (Fsp3) is 0.375. The average Bonchev–Trinajstić information content (AvgIpc) is 3.25. The predicted molar refractivity (Wildman–Crippen MR) is 78.8 cm³/mol. The molecule has 0 aliphatic carbocycles. The van der Waals surface area contributed by atoms with Crippen molar-refractivity contribution in [3.05, 3.63) is 42.4 Å². The summed E-state index contributed by atoms with van der Waals surface area (Å²) in [5.41, 5.74) is 0.641. The Bertz CT molecular complexity index is 654. The van der Waals surface area contributed by atoms with E-state index in [0.717, 1.165) is 13.1 Å². The van der Waals surface area contributed by atoms with Crippen LogP contribution in [0.1, 0.15) is 16.8 Å². The quantitative estimate of drug-likeness (QED) is 0.934. The number of carbonyl (C=O) groups excluding carboxylic acids is 1. The van der Waals surface area contributed by atoms with Gasteiger partial charge >= 0.3 is 5.95 Å². The molecule has 2 aliphatic rings. The van der Waals surface area contributed by atoms with Gasteiger partial charge in [-0.1, -0.05) is 0 Å². The maximum atomic E-state index is 12.3. The van der Waals surface area contributed by atoms with E-state index in [1.807, 2.05) is 0 Å². The SMILES string of the molecule is O=C(NC1CN2CC[C@H]1C2)c1ccc(Oc2cnco2)cc1. The van der Waals surface area contributed by atoms with Gasteiger partial charge < -0.3 is 19.4 Å². The van der Waals surface area contributed by atoms with E-state index in [0.29, 0.717) is 23.2 Å². The maximum Gasteiger partial charge on any atom is 0.310 e. The molecule has 2 unspecified atom stereocenters. The Balaban J connectivity index is 1.38. The number of amides is 1. The zero-order chi connectivity index (χ0) is 14.9. The van der Waals surface area contributed by atoms with Gasteiger partial charge in [0.25, 0.3) is 5.91 Å². The van der Waals surface area contributed by atoms with Crippen LogP contribution < -0.4 is 10.1 Å². The van der Waals surface area contributed by atoms with Crippen molar-refractivity contribution in [2.75, 3.05) is 19.6 Å². The van der Waals surface area contributed by atoms with Gasteiger partial charge in [0.15, 0.2) is 6.39 Å². The molecule has 6 nitrogen and oxygen atoms in total. The zero-order valence-corrected chi connectivity index (χ0v) is 12.1. The smallest absolute Gasteiger partial charge is 0.310 e. The Morgan fingerprint density at radius 3 is 2.82 bits per heavy atom. The van der Waals surface area contributed by atoms with E-state index in [9.17, 15) is 4.79 Å². The van der Waals surface area contributed by atoms with E-state index in [1.54, 1.807) is 24.3 Å². The van der Waals surface area contributed by atoms with Crippen molar-refractivity contribution >= 4 is 5.91 Å². The zero-order valence-electron chi connectivity index (χ0n) is 12.1. The Morgan fingerprint density at radius 1 is 1.32 bits per heavy atom. The number of oxazole rings is 1. The van der Waals surface area contributed by atoms with E-state index in [4.69, 9.17) is 9.15 Å². The second kappa shape index (κ2) is 5.46. The summed E-state index contributed by atoms with van der Waals surface area (Å²) >= 11 is 0. The number of piperidine rings is 1. The summed E-state index contributed by atoms with van der Waals surface area (Å²) in [6.07, 6.45) is 3.99. The van der Waals surface area contributed by atoms with Crippen molar-refractivity contribution in [2.45, 2.75) is 12.5 Å². The summed E-state index contributed by atoms with van der Waals surface area (Å²) in [6.45, 7) is 3.27. The van der Waals surface area contributed by atoms with E-state index in [1.165, 1.54) is 25.6 Å². The molecule has 0 radical (unpaired) electrons. The monoisotopic (exact) mass is 299 g/mol. The van der Waals surface area contributed by atoms with E-state index >= 15 is 0 Å². The van der Waals surface area contributed by atoms with Gasteiger partial charge in [-0.3, -0.25) is 4.79 Å². The molecule has 4 rings (SSSR count). The molecule has 2 aliphatic heterocycles. The van der Waals surface area contributed by atoms with Crippen LogP contribution in [0, 0.1) is 5.92 Å². The van der Waals surface area contributed by atoms with Crippen molar-refractivity contribution in [1.29, 1.82) is 0 Å². The highest BCUT2D eigenvalue weighted by molar-refractivity contribution is 5.94. The molecule has 1 amide bonds. The average molecular weight is 299 g/mol. The number of aromatic nitrogens is 1. The summed E-state index contributed by atoms with van der Waals surface area (Å²) in [5, 5.41) is 3.14. The first-order valence-corrected chi connectivity index (χ1v) is 7.47. The third kappa shape index (κ3) is 2.57. The number of nitrogens with zero attached hydrogens (tertiary/aromatic N) is 2. The number of hydrogen-bond donors (Lipinski definition) is 1. The fourth-order valence-corrected chi connectivity index (χ4v) is 3.24. The van der Waals surface area contributed by atoms with Crippen molar-refractivity contribution in [3.8, 4) is 11.7 Å². The summed E-state index contributed by atoms with van der Waals surface area (Å²) in [5.74, 6) is 1.52. The molecule has 6 heteroatoms. The minimum atomic E-state index is -0.0232. The number of ether oxygens (including phenoxy) is 1. The molecular weight excluding hydrogens is 282 g/mol. The lowest BCUT2D eigenvalue weighted by Crippen LogP contribution is -2.43. The molecule has 3 heterocycles. The lowest BCUT2D eigenvalue weighted by molar-refractivity contribution is 0.0924. The van der Waals surface area contributed by atoms with Crippen LogP contribution in [0.4, 0.5) is 0 Å². The molecule has 2 bridgehead atoms. The highest BCUT2D eigenvalue weighted by Gasteiger charge is 2.38. The highest BCUT2D eigenvalue weighted by atomic mass is 16.6. The van der Waals surface area contributed by atoms with Gasteiger partial charge in [-0.05, 0) is 43.1 Å². The summed E-state index contributed by atoms with van der Waals surface area (Å²) < 4.78 is 10.5. The van der Waals surface area contributed by atoms with Crippen LogP contribution in [0.3, 0.4) is 0 Å². The number of carbonyl (C=O) groups is 1. The van der Waals surface area contributed by atoms with Gasteiger partial charge in [-0.15, -0.1) is 0 Å². The van der Waals surface area contributed by atoms with Gasteiger partial charge in [0.2, 0.25) is 0 Å². The van der Waals surface area contributed by atoms with Crippen LogP contribution in [0.5, 0.6) is 11.7 Å². The Labute approximate surface area is 128 Å². The second-order valence-electron chi connectivity index (χ2n) is 5.84. The van der Waals surface area contributed by atoms with Crippen molar-refractivity contribution in [3.63, 3.8) is 0 Å². The molecular formula is C16H17N3O3. The van der Waals surface area contributed by atoms with Gasteiger partial charge in [-0.25, -0.2) is 4.98 Å². The van der Waals surface area contributed by atoms with Crippen LogP contribution in [0.2, 0.25) is 0 Å².